The number of nitrogens with zero attached hydrogens (tertiary/aromatic N) is 2. The molecule has 80 valence electrons. The number of aryl methyl sites for hydroxylation is 1. The van der Waals surface area contributed by atoms with E-state index in [2.05, 4.69) is 10.5 Å². The third-order valence-corrected chi connectivity index (χ3v) is 2.39. The number of ether oxygens (including phenoxy) is 1. The van der Waals surface area contributed by atoms with E-state index in [1.807, 2.05) is 24.7 Å². The van der Waals surface area contributed by atoms with Gasteiger partial charge in [-0.2, -0.15) is 5.10 Å². The second kappa shape index (κ2) is 5.09. The van der Waals surface area contributed by atoms with Crippen LogP contribution >= 0.6 is 0 Å². The number of nitrogens with two attached hydrogens (primary N) is 1. The lowest BCUT2D eigenvalue weighted by molar-refractivity contribution is 0.0994. The molecule has 0 saturated carbocycles. The van der Waals surface area contributed by atoms with Crippen LogP contribution in [0.5, 0.6) is 0 Å². The van der Waals surface area contributed by atoms with Gasteiger partial charge >= 0.3 is 0 Å². The van der Waals surface area contributed by atoms with Gasteiger partial charge in [-0.15, -0.1) is 0 Å². The molecule has 2 atom stereocenters. The molecule has 0 saturated heterocycles. The van der Waals surface area contributed by atoms with E-state index in [1.54, 1.807) is 13.3 Å². The first-order chi connectivity index (χ1) is 6.69. The zero-order valence-electron chi connectivity index (χ0n) is 8.90. The number of methoxy groups -OCH3 is 1. The molecule has 1 aromatic rings. The molecule has 3 N–H and O–H groups in total. The molecule has 5 heteroatoms. The van der Waals surface area contributed by atoms with E-state index in [-0.39, 0.29) is 12.1 Å². The first-order valence-electron chi connectivity index (χ1n) is 4.65. The van der Waals surface area contributed by atoms with Gasteiger partial charge in [0.15, 0.2) is 0 Å². The molecule has 1 aromatic heterocycles. The number of nitrogens with one attached hydrogen (secondary N) is 1. The molecule has 1 rings (SSSR count). The highest BCUT2D eigenvalue weighted by Gasteiger charge is 2.16. The summed E-state index contributed by atoms with van der Waals surface area (Å²) in [5, 5.41) is 4.10. The molecule has 0 radical (unpaired) electrons. The quantitative estimate of drug-likeness (QED) is 0.529. The van der Waals surface area contributed by atoms with Crippen molar-refractivity contribution < 1.29 is 4.74 Å². The lowest BCUT2D eigenvalue weighted by Crippen LogP contribution is -2.32. The van der Waals surface area contributed by atoms with Crippen LogP contribution in [0.25, 0.3) is 0 Å². The van der Waals surface area contributed by atoms with Crippen LogP contribution in [0.1, 0.15) is 25.1 Å². The van der Waals surface area contributed by atoms with Gasteiger partial charge in [0.25, 0.3) is 0 Å². The van der Waals surface area contributed by atoms with Crippen molar-refractivity contribution in [3.8, 4) is 0 Å². The molecular formula is C9H18N4O. The molecule has 0 spiro atoms. The lowest BCUT2D eigenvalue weighted by atomic mass is 10.1. The minimum atomic E-state index is 0.0810. The highest BCUT2D eigenvalue weighted by molar-refractivity contribution is 5.06. The van der Waals surface area contributed by atoms with Crippen LogP contribution in [-0.2, 0) is 11.8 Å². The molecule has 1 heterocycles. The molecule has 0 bridgehead atoms. The van der Waals surface area contributed by atoms with Crippen LogP contribution in [0, 0.1) is 0 Å². The van der Waals surface area contributed by atoms with Crippen LogP contribution in [0.4, 0.5) is 0 Å². The molecule has 0 aliphatic rings. The maximum atomic E-state index is 5.49. The molecular weight excluding hydrogens is 180 g/mol. The molecule has 0 aliphatic heterocycles. The van der Waals surface area contributed by atoms with E-state index in [4.69, 9.17) is 10.6 Å². The van der Waals surface area contributed by atoms with Crippen LogP contribution < -0.4 is 11.3 Å². The SMILES string of the molecule is COC(C)CC(NN)c1ccnn1C. The Bertz CT molecular complexity index is 274. The summed E-state index contributed by atoms with van der Waals surface area (Å²) in [7, 11) is 3.60. The predicted molar refractivity (Wildman–Crippen MR) is 54.4 cm³/mol. The minimum absolute atomic E-state index is 0.0810. The Morgan fingerprint density at radius 1 is 1.71 bits per heavy atom. The Hall–Kier alpha value is -0.910. The van der Waals surface area contributed by atoms with E-state index in [9.17, 15) is 0 Å². The summed E-state index contributed by atoms with van der Waals surface area (Å²) in [6.07, 6.45) is 2.76. The highest BCUT2D eigenvalue weighted by Crippen LogP contribution is 2.17. The van der Waals surface area contributed by atoms with E-state index in [0.717, 1.165) is 12.1 Å². The van der Waals surface area contributed by atoms with Gasteiger partial charge in [-0.1, -0.05) is 0 Å². The van der Waals surface area contributed by atoms with Gasteiger partial charge in [-0.05, 0) is 19.4 Å². The van der Waals surface area contributed by atoms with Crippen LogP contribution in [0.2, 0.25) is 0 Å². The van der Waals surface area contributed by atoms with Crippen molar-refractivity contribution in [3.05, 3.63) is 18.0 Å². The summed E-state index contributed by atoms with van der Waals surface area (Å²) in [6.45, 7) is 2.01. The fraction of sp³-hybridized carbons (Fsp3) is 0.667. The average molecular weight is 198 g/mol. The summed E-state index contributed by atoms with van der Waals surface area (Å²) >= 11 is 0. The van der Waals surface area contributed by atoms with E-state index >= 15 is 0 Å². The second-order valence-corrected chi connectivity index (χ2v) is 3.38. The number of rotatable bonds is 5. The van der Waals surface area contributed by atoms with Crippen LogP contribution in [-0.4, -0.2) is 23.0 Å². The van der Waals surface area contributed by atoms with E-state index < -0.39 is 0 Å². The first kappa shape index (κ1) is 11.2. The van der Waals surface area contributed by atoms with Gasteiger partial charge in [0, 0.05) is 20.4 Å². The molecule has 0 aromatic carbocycles. The number of hydrazine groups is 1. The van der Waals surface area contributed by atoms with Crippen molar-refractivity contribution in [1.29, 1.82) is 0 Å². The smallest absolute Gasteiger partial charge is 0.0653 e. The third kappa shape index (κ3) is 2.54. The fourth-order valence-electron chi connectivity index (χ4n) is 1.43. The maximum Gasteiger partial charge on any atom is 0.0653 e. The van der Waals surface area contributed by atoms with Gasteiger partial charge in [0.05, 0.1) is 17.8 Å². The monoisotopic (exact) mass is 198 g/mol. The fourth-order valence-corrected chi connectivity index (χ4v) is 1.43. The Morgan fingerprint density at radius 2 is 2.43 bits per heavy atom. The van der Waals surface area contributed by atoms with E-state index in [1.165, 1.54) is 0 Å². The Kier molecular flexibility index (Phi) is 4.06. The molecule has 2 unspecified atom stereocenters. The maximum absolute atomic E-state index is 5.49. The van der Waals surface area contributed by atoms with Gasteiger partial charge in [0.2, 0.25) is 0 Å². The van der Waals surface area contributed by atoms with Crippen molar-refractivity contribution in [2.24, 2.45) is 12.9 Å². The summed E-state index contributed by atoms with van der Waals surface area (Å²) in [6, 6.07) is 2.03. The standard InChI is InChI=1S/C9H18N4O/c1-7(14-3)6-8(12-10)9-4-5-11-13(9)2/h4-5,7-8,12H,6,10H2,1-3H3. The molecule has 0 fully saturated rings. The second-order valence-electron chi connectivity index (χ2n) is 3.38. The summed E-state index contributed by atoms with van der Waals surface area (Å²) in [5.41, 5.74) is 3.84. The number of hydrogen-bond acceptors (Lipinski definition) is 4. The van der Waals surface area contributed by atoms with Crippen molar-refractivity contribution >= 4 is 0 Å². The predicted octanol–water partition coefficient (Wildman–Crippen LogP) is 0.349. The molecule has 14 heavy (non-hydrogen) atoms. The topological polar surface area (TPSA) is 65.1 Å². The first-order valence-corrected chi connectivity index (χ1v) is 4.65. The Morgan fingerprint density at radius 3 is 2.86 bits per heavy atom. The summed E-state index contributed by atoms with van der Waals surface area (Å²) in [4.78, 5) is 0. The van der Waals surface area contributed by atoms with Gasteiger partial charge in [-0.25, -0.2) is 0 Å². The zero-order valence-corrected chi connectivity index (χ0v) is 8.90. The van der Waals surface area contributed by atoms with Crippen molar-refractivity contribution in [1.82, 2.24) is 15.2 Å². The average Bonchev–Trinajstić information content (AvgIpc) is 2.60. The normalized spacial score (nSPS) is 15.4. The van der Waals surface area contributed by atoms with Gasteiger partial charge < -0.3 is 4.74 Å². The van der Waals surface area contributed by atoms with Crippen LogP contribution in [0.15, 0.2) is 12.3 Å². The highest BCUT2D eigenvalue weighted by atomic mass is 16.5. The van der Waals surface area contributed by atoms with Crippen LogP contribution in [0.3, 0.4) is 0 Å². The zero-order chi connectivity index (χ0) is 10.6. The van der Waals surface area contributed by atoms with Crippen molar-refractivity contribution in [2.45, 2.75) is 25.5 Å². The molecule has 5 nitrogen and oxygen atoms in total. The van der Waals surface area contributed by atoms with Gasteiger partial charge in [-0.3, -0.25) is 16.0 Å². The summed E-state index contributed by atoms with van der Waals surface area (Å²) < 4.78 is 7.01. The summed E-state index contributed by atoms with van der Waals surface area (Å²) in [5.74, 6) is 5.49. The lowest BCUT2D eigenvalue weighted by Gasteiger charge is -2.19. The Labute approximate surface area is 84.2 Å². The largest absolute Gasteiger partial charge is 0.382 e. The van der Waals surface area contributed by atoms with Crippen molar-refractivity contribution in [3.63, 3.8) is 0 Å². The van der Waals surface area contributed by atoms with E-state index in [0.29, 0.717) is 0 Å². The minimum Gasteiger partial charge on any atom is -0.382 e. The third-order valence-electron chi connectivity index (χ3n) is 2.39. The van der Waals surface area contributed by atoms with Crippen molar-refractivity contribution in [2.75, 3.05) is 7.11 Å². The number of aromatic nitrogens is 2. The number of hydrogen-bond donors (Lipinski definition) is 2. The molecule has 0 aliphatic carbocycles. The Balaban J connectivity index is 2.67. The van der Waals surface area contributed by atoms with Gasteiger partial charge in [0.1, 0.15) is 0 Å². The molecule has 0 amide bonds.